The lowest BCUT2D eigenvalue weighted by molar-refractivity contribution is -0.0498. The first-order chi connectivity index (χ1) is 10.5. The average molecular weight is 441 g/mol. The summed E-state index contributed by atoms with van der Waals surface area (Å²) >= 11 is 0. The van der Waals surface area contributed by atoms with E-state index >= 15 is 0 Å². The van der Waals surface area contributed by atoms with E-state index in [0.29, 0.717) is 18.4 Å². The summed E-state index contributed by atoms with van der Waals surface area (Å²) in [6.45, 7) is 2.93. The van der Waals surface area contributed by atoms with Crippen molar-refractivity contribution in [1.82, 2.24) is 10.6 Å². The zero-order valence-corrected chi connectivity index (χ0v) is 16.1. The standard InChI is InChI=1S/C16H25F2N3O.HI/c1-12(2)6-5-9-20-16(19-3)21-11-13-7-4-8-14(10-13)22-15(17)18;/h4,7-8,10,12,15H,5-6,9,11H2,1-3H3,(H2,19,20,21);1H. The van der Waals surface area contributed by atoms with Crippen molar-refractivity contribution in [1.29, 1.82) is 0 Å². The van der Waals surface area contributed by atoms with Gasteiger partial charge >= 0.3 is 6.61 Å². The zero-order chi connectivity index (χ0) is 16.4. The summed E-state index contributed by atoms with van der Waals surface area (Å²) in [5.41, 5.74) is 0.850. The van der Waals surface area contributed by atoms with Gasteiger partial charge in [-0.15, -0.1) is 24.0 Å². The molecule has 0 heterocycles. The van der Waals surface area contributed by atoms with Gasteiger partial charge in [0.25, 0.3) is 0 Å². The van der Waals surface area contributed by atoms with Crippen LogP contribution >= 0.6 is 24.0 Å². The van der Waals surface area contributed by atoms with Gasteiger partial charge in [-0.05, 0) is 36.5 Å². The van der Waals surface area contributed by atoms with Crippen molar-refractivity contribution in [3.63, 3.8) is 0 Å². The van der Waals surface area contributed by atoms with Crippen LogP contribution in [0.1, 0.15) is 32.3 Å². The monoisotopic (exact) mass is 441 g/mol. The Labute approximate surface area is 154 Å². The van der Waals surface area contributed by atoms with Gasteiger partial charge in [0.1, 0.15) is 5.75 Å². The molecule has 0 spiro atoms. The molecule has 2 N–H and O–H groups in total. The van der Waals surface area contributed by atoms with Crippen molar-refractivity contribution in [2.75, 3.05) is 13.6 Å². The quantitative estimate of drug-likeness (QED) is 0.278. The highest BCUT2D eigenvalue weighted by Crippen LogP contribution is 2.15. The molecule has 0 fully saturated rings. The third-order valence-corrected chi connectivity index (χ3v) is 3.06. The van der Waals surface area contributed by atoms with Crippen molar-refractivity contribution in [3.8, 4) is 5.75 Å². The summed E-state index contributed by atoms with van der Waals surface area (Å²) in [5, 5.41) is 6.38. The second-order valence-corrected chi connectivity index (χ2v) is 5.41. The molecule has 1 aromatic rings. The molecule has 4 nitrogen and oxygen atoms in total. The molecule has 0 aliphatic rings. The van der Waals surface area contributed by atoms with Gasteiger partial charge in [-0.2, -0.15) is 8.78 Å². The van der Waals surface area contributed by atoms with Crippen LogP contribution in [-0.4, -0.2) is 26.2 Å². The fourth-order valence-corrected chi connectivity index (χ4v) is 1.96. The first-order valence-corrected chi connectivity index (χ1v) is 7.49. The van der Waals surface area contributed by atoms with Gasteiger partial charge in [0, 0.05) is 20.1 Å². The van der Waals surface area contributed by atoms with Gasteiger partial charge in [-0.3, -0.25) is 4.99 Å². The highest BCUT2D eigenvalue weighted by Gasteiger charge is 2.05. The Morgan fingerprint density at radius 1 is 1.26 bits per heavy atom. The van der Waals surface area contributed by atoms with Crippen LogP contribution in [0.4, 0.5) is 8.78 Å². The van der Waals surface area contributed by atoms with Crippen LogP contribution in [0, 0.1) is 5.92 Å². The van der Waals surface area contributed by atoms with Crippen molar-refractivity contribution in [3.05, 3.63) is 29.8 Å². The Morgan fingerprint density at radius 3 is 2.61 bits per heavy atom. The number of alkyl halides is 2. The van der Waals surface area contributed by atoms with Crippen LogP contribution in [0.25, 0.3) is 0 Å². The lowest BCUT2D eigenvalue weighted by Crippen LogP contribution is -2.37. The zero-order valence-electron chi connectivity index (χ0n) is 13.8. The Hall–Kier alpha value is -1.12. The summed E-state index contributed by atoms with van der Waals surface area (Å²) in [7, 11) is 1.70. The molecule has 0 bridgehead atoms. The van der Waals surface area contributed by atoms with E-state index in [4.69, 9.17) is 0 Å². The molecule has 23 heavy (non-hydrogen) atoms. The second-order valence-electron chi connectivity index (χ2n) is 5.41. The molecule has 1 aromatic carbocycles. The Bertz CT molecular complexity index is 470. The molecule has 7 heteroatoms. The predicted molar refractivity (Wildman–Crippen MR) is 101 cm³/mol. The second kappa shape index (κ2) is 12.3. The van der Waals surface area contributed by atoms with Gasteiger partial charge in [0.2, 0.25) is 0 Å². The molecule has 0 saturated carbocycles. The van der Waals surface area contributed by atoms with Crippen LogP contribution in [-0.2, 0) is 6.54 Å². The highest BCUT2D eigenvalue weighted by atomic mass is 127. The molecule has 0 saturated heterocycles. The minimum atomic E-state index is -2.81. The van der Waals surface area contributed by atoms with Crippen LogP contribution in [0.2, 0.25) is 0 Å². The number of guanidine groups is 1. The van der Waals surface area contributed by atoms with Crippen LogP contribution in [0.15, 0.2) is 29.3 Å². The molecule has 1 rings (SSSR count). The molecule has 132 valence electrons. The van der Waals surface area contributed by atoms with Crippen molar-refractivity contribution in [2.45, 2.75) is 39.8 Å². The molecule has 0 aliphatic heterocycles. The predicted octanol–water partition coefficient (Wildman–Crippen LogP) is 4.01. The largest absolute Gasteiger partial charge is 0.435 e. The third-order valence-electron chi connectivity index (χ3n) is 3.06. The van der Waals surface area contributed by atoms with E-state index in [0.717, 1.165) is 24.9 Å². The van der Waals surface area contributed by atoms with E-state index < -0.39 is 6.61 Å². The number of nitrogens with one attached hydrogen (secondary N) is 2. The minimum Gasteiger partial charge on any atom is -0.435 e. The SMILES string of the molecule is CN=C(NCCCC(C)C)NCc1cccc(OC(F)F)c1.I. The van der Waals surface area contributed by atoms with E-state index in [-0.39, 0.29) is 29.7 Å². The number of aliphatic imine (C=N–C) groups is 1. The minimum absolute atomic E-state index is 0. The summed E-state index contributed by atoms with van der Waals surface area (Å²) < 4.78 is 28.7. The average Bonchev–Trinajstić information content (AvgIpc) is 2.46. The number of hydrogen-bond acceptors (Lipinski definition) is 2. The number of ether oxygens (including phenoxy) is 1. The molecule has 0 aromatic heterocycles. The van der Waals surface area contributed by atoms with Gasteiger partial charge in [-0.1, -0.05) is 26.0 Å². The molecule has 0 unspecified atom stereocenters. The maximum absolute atomic E-state index is 12.2. The fourth-order valence-electron chi connectivity index (χ4n) is 1.96. The lowest BCUT2D eigenvalue weighted by atomic mass is 10.1. The number of rotatable bonds is 8. The summed E-state index contributed by atoms with van der Waals surface area (Å²) in [6, 6.07) is 6.63. The number of halogens is 3. The first-order valence-electron chi connectivity index (χ1n) is 7.49. The van der Waals surface area contributed by atoms with Gasteiger partial charge < -0.3 is 15.4 Å². The number of hydrogen-bond donors (Lipinski definition) is 2. The third kappa shape index (κ3) is 10.3. The summed E-state index contributed by atoms with van der Waals surface area (Å²) in [6.07, 6.45) is 2.24. The normalized spacial score (nSPS) is 11.3. The van der Waals surface area contributed by atoms with Gasteiger partial charge in [0.15, 0.2) is 5.96 Å². The molecular formula is C16H26F2IN3O. The molecular weight excluding hydrogens is 415 g/mol. The van der Waals surface area contributed by atoms with E-state index in [2.05, 4.69) is 34.2 Å². The van der Waals surface area contributed by atoms with E-state index in [1.807, 2.05) is 6.07 Å². The Morgan fingerprint density at radius 2 is 2.00 bits per heavy atom. The topological polar surface area (TPSA) is 45.7 Å². The molecule has 0 atom stereocenters. The van der Waals surface area contributed by atoms with Gasteiger partial charge in [-0.25, -0.2) is 0 Å². The smallest absolute Gasteiger partial charge is 0.387 e. The van der Waals surface area contributed by atoms with Gasteiger partial charge in [0.05, 0.1) is 0 Å². The van der Waals surface area contributed by atoms with E-state index in [9.17, 15) is 8.78 Å². The number of benzene rings is 1. The lowest BCUT2D eigenvalue weighted by Gasteiger charge is -2.13. The molecule has 0 amide bonds. The maximum Gasteiger partial charge on any atom is 0.387 e. The van der Waals surface area contributed by atoms with Crippen molar-refractivity contribution >= 4 is 29.9 Å². The number of nitrogens with zero attached hydrogens (tertiary/aromatic N) is 1. The van der Waals surface area contributed by atoms with E-state index in [1.165, 1.54) is 6.07 Å². The first kappa shape index (κ1) is 21.9. The Kier molecular flexibility index (Phi) is 11.7. The van der Waals surface area contributed by atoms with Crippen molar-refractivity contribution in [2.24, 2.45) is 10.9 Å². The fraction of sp³-hybridized carbons (Fsp3) is 0.562. The summed E-state index contributed by atoms with van der Waals surface area (Å²) in [5.74, 6) is 1.55. The Balaban J connectivity index is 0.00000484. The van der Waals surface area contributed by atoms with Crippen LogP contribution in [0.3, 0.4) is 0 Å². The maximum atomic E-state index is 12.2. The highest BCUT2D eigenvalue weighted by molar-refractivity contribution is 14.0. The van der Waals surface area contributed by atoms with Crippen molar-refractivity contribution < 1.29 is 13.5 Å². The summed E-state index contributed by atoms with van der Waals surface area (Å²) in [4.78, 5) is 4.13. The molecule has 0 radical (unpaired) electrons. The van der Waals surface area contributed by atoms with Crippen LogP contribution < -0.4 is 15.4 Å². The van der Waals surface area contributed by atoms with E-state index in [1.54, 1.807) is 19.2 Å². The van der Waals surface area contributed by atoms with Crippen LogP contribution in [0.5, 0.6) is 5.75 Å². The molecule has 0 aliphatic carbocycles.